The summed E-state index contributed by atoms with van der Waals surface area (Å²) in [5.41, 5.74) is 1.53. The van der Waals surface area contributed by atoms with Crippen LogP contribution in [0.3, 0.4) is 0 Å². The molecule has 1 atom stereocenters. The van der Waals surface area contributed by atoms with Gasteiger partial charge in [0.25, 0.3) is 0 Å². The van der Waals surface area contributed by atoms with E-state index in [4.69, 9.17) is 4.74 Å². The van der Waals surface area contributed by atoms with Gasteiger partial charge in [0.2, 0.25) is 0 Å². The van der Waals surface area contributed by atoms with Crippen molar-refractivity contribution in [3.63, 3.8) is 0 Å². The van der Waals surface area contributed by atoms with Crippen LogP contribution in [-0.2, 0) is 6.42 Å². The first-order valence-corrected chi connectivity index (χ1v) is 9.00. The van der Waals surface area contributed by atoms with Crippen LogP contribution in [0, 0.1) is 0 Å². The lowest BCUT2D eigenvalue weighted by Crippen LogP contribution is -2.60. The third-order valence-electron chi connectivity index (χ3n) is 4.43. The van der Waals surface area contributed by atoms with E-state index >= 15 is 0 Å². The van der Waals surface area contributed by atoms with Gasteiger partial charge in [-0.1, -0.05) is 18.2 Å². The second-order valence-electron chi connectivity index (χ2n) is 5.81. The van der Waals surface area contributed by atoms with Crippen molar-refractivity contribution < 1.29 is 4.74 Å². The smallest absolute Gasteiger partial charge is 0.122 e. The Hall–Kier alpha value is -0.320. The lowest BCUT2D eigenvalue weighted by atomic mass is 9.81. The molecule has 0 bridgehead atoms. The van der Waals surface area contributed by atoms with Crippen molar-refractivity contribution in [1.82, 2.24) is 5.32 Å². The predicted octanol–water partition coefficient (Wildman–Crippen LogP) is 2.92. The molecular weight excluding hydrogens is 274 g/mol. The van der Waals surface area contributed by atoms with Gasteiger partial charge in [0.1, 0.15) is 12.4 Å². The number of thioether (sulfide) groups is 2. The van der Waals surface area contributed by atoms with Crippen molar-refractivity contribution in [3.05, 3.63) is 29.8 Å². The van der Waals surface area contributed by atoms with E-state index in [2.05, 4.69) is 53.1 Å². The highest BCUT2D eigenvalue weighted by atomic mass is 32.2. The zero-order valence-electron chi connectivity index (χ0n) is 11.0. The molecule has 1 unspecified atom stereocenters. The standard InChI is InChI=1S/C15H19NOS2/c1-2-4-13-12(3-1)9-14(11-17-13)10-15(5-6-16-14)18-7-8-19-15/h1-4,16H,5-11H2. The monoisotopic (exact) mass is 293 g/mol. The van der Waals surface area contributed by atoms with Gasteiger partial charge < -0.3 is 10.1 Å². The van der Waals surface area contributed by atoms with E-state index in [0.717, 1.165) is 25.3 Å². The van der Waals surface area contributed by atoms with Crippen molar-refractivity contribution in [2.75, 3.05) is 24.7 Å². The van der Waals surface area contributed by atoms with Gasteiger partial charge in [-0.15, -0.1) is 23.5 Å². The number of rotatable bonds is 0. The van der Waals surface area contributed by atoms with Gasteiger partial charge in [-0.2, -0.15) is 0 Å². The molecule has 2 fully saturated rings. The predicted molar refractivity (Wildman–Crippen MR) is 83.3 cm³/mol. The quantitative estimate of drug-likeness (QED) is 0.793. The second-order valence-corrected chi connectivity index (χ2v) is 9.03. The Morgan fingerprint density at radius 2 is 2.00 bits per heavy atom. The number of para-hydroxylation sites is 1. The minimum absolute atomic E-state index is 0.164. The fourth-order valence-electron chi connectivity index (χ4n) is 3.58. The molecule has 1 aromatic rings. The number of ether oxygens (including phenoxy) is 1. The third-order valence-corrected chi connectivity index (χ3v) is 7.96. The number of benzene rings is 1. The average molecular weight is 293 g/mol. The maximum Gasteiger partial charge on any atom is 0.122 e. The molecule has 2 nitrogen and oxygen atoms in total. The van der Waals surface area contributed by atoms with E-state index in [9.17, 15) is 0 Å². The van der Waals surface area contributed by atoms with Gasteiger partial charge in [0, 0.05) is 11.5 Å². The first kappa shape index (κ1) is 12.4. The van der Waals surface area contributed by atoms with Crippen molar-refractivity contribution in [2.45, 2.75) is 28.9 Å². The molecule has 3 heterocycles. The molecule has 19 heavy (non-hydrogen) atoms. The molecule has 0 aromatic heterocycles. The third kappa shape index (κ3) is 2.18. The van der Waals surface area contributed by atoms with E-state index in [0.29, 0.717) is 4.08 Å². The molecule has 3 aliphatic heterocycles. The highest BCUT2D eigenvalue weighted by Crippen LogP contribution is 2.53. The van der Waals surface area contributed by atoms with Crippen molar-refractivity contribution in [1.29, 1.82) is 0 Å². The Kier molecular flexibility index (Phi) is 3.01. The van der Waals surface area contributed by atoms with Gasteiger partial charge in [0.15, 0.2) is 0 Å². The Labute approximate surface area is 123 Å². The van der Waals surface area contributed by atoms with E-state index in [-0.39, 0.29) is 5.54 Å². The molecular formula is C15H19NOS2. The molecule has 1 N–H and O–H groups in total. The van der Waals surface area contributed by atoms with Gasteiger partial charge in [-0.3, -0.25) is 0 Å². The molecule has 1 aromatic carbocycles. The zero-order chi connectivity index (χ0) is 12.8. The summed E-state index contributed by atoms with van der Waals surface area (Å²) in [6.45, 7) is 1.96. The van der Waals surface area contributed by atoms with E-state index < -0.39 is 0 Å². The van der Waals surface area contributed by atoms with Crippen LogP contribution in [0.25, 0.3) is 0 Å². The summed E-state index contributed by atoms with van der Waals surface area (Å²) in [4.78, 5) is 0. The summed E-state index contributed by atoms with van der Waals surface area (Å²) in [7, 11) is 0. The molecule has 4 rings (SSSR count). The highest BCUT2D eigenvalue weighted by molar-refractivity contribution is 8.21. The first-order chi connectivity index (χ1) is 9.29. The summed E-state index contributed by atoms with van der Waals surface area (Å²) in [6, 6.07) is 8.50. The maximum absolute atomic E-state index is 6.04. The van der Waals surface area contributed by atoms with Crippen LogP contribution >= 0.6 is 23.5 Å². The first-order valence-electron chi connectivity index (χ1n) is 7.03. The molecule has 0 aliphatic carbocycles. The van der Waals surface area contributed by atoms with Crippen LogP contribution in [0.15, 0.2) is 24.3 Å². The average Bonchev–Trinajstić information content (AvgIpc) is 2.86. The van der Waals surface area contributed by atoms with Crippen molar-refractivity contribution in [2.24, 2.45) is 0 Å². The van der Waals surface area contributed by atoms with Crippen LogP contribution in [0.2, 0.25) is 0 Å². The van der Waals surface area contributed by atoms with Crippen LogP contribution in [-0.4, -0.2) is 34.3 Å². The SMILES string of the molecule is c1ccc2c(c1)CC1(CO2)CC2(CCN1)SCCS2. The number of hydrogen-bond donors (Lipinski definition) is 1. The van der Waals surface area contributed by atoms with E-state index in [1.807, 2.05) is 0 Å². The normalized spacial score (nSPS) is 32.2. The lowest BCUT2D eigenvalue weighted by molar-refractivity contribution is 0.126. The summed E-state index contributed by atoms with van der Waals surface area (Å²) >= 11 is 4.36. The number of hydrogen-bond acceptors (Lipinski definition) is 4. The van der Waals surface area contributed by atoms with Gasteiger partial charge in [0.05, 0.1) is 9.62 Å². The molecule has 102 valence electrons. The fraction of sp³-hybridized carbons (Fsp3) is 0.600. The number of nitrogens with one attached hydrogen (secondary N) is 1. The van der Waals surface area contributed by atoms with Crippen molar-refractivity contribution in [3.8, 4) is 5.75 Å². The zero-order valence-corrected chi connectivity index (χ0v) is 12.6. The lowest BCUT2D eigenvalue weighted by Gasteiger charge is -2.48. The van der Waals surface area contributed by atoms with Crippen LogP contribution in [0.5, 0.6) is 5.75 Å². The minimum atomic E-state index is 0.164. The fourth-order valence-corrected chi connectivity index (χ4v) is 7.07. The summed E-state index contributed by atoms with van der Waals surface area (Å²) in [5, 5.41) is 3.77. The van der Waals surface area contributed by atoms with Crippen molar-refractivity contribution >= 4 is 23.5 Å². The minimum Gasteiger partial charge on any atom is -0.491 e. The molecule has 2 saturated heterocycles. The molecule has 2 spiro atoms. The van der Waals surface area contributed by atoms with E-state index in [1.54, 1.807) is 0 Å². The van der Waals surface area contributed by atoms with Crippen LogP contribution in [0.4, 0.5) is 0 Å². The number of fused-ring (bicyclic) bond motifs is 1. The Bertz CT molecular complexity index is 487. The molecule has 3 aliphatic rings. The topological polar surface area (TPSA) is 21.3 Å². The molecule has 0 amide bonds. The van der Waals surface area contributed by atoms with Gasteiger partial charge in [-0.05, 0) is 37.4 Å². The maximum atomic E-state index is 6.04. The Balaban J connectivity index is 1.61. The molecule has 0 radical (unpaired) electrons. The van der Waals surface area contributed by atoms with Crippen LogP contribution in [0.1, 0.15) is 18.4 Å². The second kappa shape index (κ2) is 4.61. The largest absolute Gasteiger partial charge is 0.491 e. The Morgan fingerprint density at radius 3 is 2.89 bits per heavy atom. The number of piperidine rings is 1. The molecule has 4 heteroatoms. The summed E-state index contributed by atoms with van der Waals surface area (Å²) in [5.74, 6) is 3.72. The van der Waals surface area contributed by atoms with Crippen LogP contribution < -0.4 is 10.1 Å². The Morgan fingerprint density at radius 1 is 1.16 bits per heavy atom. The highest BCUT2D eigenvalue weighted by Gasteiger charge is 2.49. The van der Waals surface area contributed by atoms with Gasteiger partial charge >= 0.3 is 0 Å². The van der Waals surface area contributed by atoms with Gasteiger partial charge in [-0.25, -0.2) is 0 Å². The summed E-state index contributed by atoms with van der Waals surface area (Å²) < 4.78 is 6.50. The molecule has 0 saturated carbocycles. The summed E-state index contributed by atoms with van der Waals surface area (Å²) in [6.07, 6.45) is 3.65. The van der Waals surface area contributed by atoms with E-state index in [1.165, 1.54) is 29.9 Å².